The van der Waals surface area contributed by atoms with Crippen molar-refractivity contribution < 1.29 is 23.5 Å². The van der Waals surface area contributed by atoms with Crippen molar-refractivity contribution in [3.63, 3.8) is 0 Å². The van der Waals surface area contributed by atoms with E-state index in [0.29, 0.717) is 12.8 Å². The van der Waals surface area contributed by atoms with Crippen molar-refractivity contribution in [1.82, 2.24) is 5.32 Å². The van der Waals surface area contributed by atoms with Crippen molar-refractivity contribution in [1.29, 1.82) is 0 Å². The SMILES string of the molecule is CC(C)(C)C(NC(=O)C1CCC1C(=O)O)c1ccc(F)cc1F. The molecule has 6 heteroatoms. The van der Waals surface area contributed by atoms with E-state index >= 15 is 0 Å². The largest absolute Gasteiger partial charge is 0.481 e. The number of carbonyl (C=O) groups is 2. The van der Waals surface area contributed by atoms with Gasteiger partial charge in [-0.2, -0.15) is 0 Å². The maximum Gasteiger partial charge on any atom is 0.307 e. The average molecular weight is 325 g/mol. The first kappa shape index (κ1) is 17.4. The summed E-state index contributed by atoms with van der Waals surface area (Å²) in [6.07, 6.45) is 0.976. The first-order valence-corrected chi connectivity index (χ1v) is 7.59. The molecule has 0 heterocycles. The third kappa shape index (κ3) is 3.68. The Morgan fingerprint density at radius 2 is 1.83 bits per heavy atom. The number of carbonyl (C=O) groups excluding carboxylic acids is 1. The highest BCUT2D eigenvalue weighted by Gasteiger charge is 2.43. The molecule has 3 atom stereocenters. The lowest BCUT2D eigenvalue weighted by Gasteiger charge is -2.37. The summed E-state index contributed by atoms with van der Waals surface area (Å²) in [5, 5.41) is 11.8. The minimum absolute atomic E-state index is 0.193. The molecular formula is C17H21F2NO3. The summed E-state index contributed by atoms with van der Waals surface area (Å²) in [4.78, 5) is 23.4. The molecule has 126 valence electrons. The predicted octanol–water partition coefficient (Wildman–Crippen LogP) is 3.28. The smallest absolute Gasteiger partial charge is 0.307 e. The van der Waals surface area contributed by atoms with Crippen LogP contribution >= 0.6 is 0 Å². The van der Waals surface area contributed by atoms with E-state index in [9.17, 15) is 18.4 Å². The lowest BCUT2D eigenvalue weighted by atomic mass is 9.72. The fourth-order valence-corrected chi connectivity index (χ4v) is 2.86. The van der Waals surface area contributed by atoms with Crippen LogP contribution in [0.15, 0.2) is 18.2 Å². The Balaban J connectivity index is 2.23. The van der Waals surface area contributed by atoms with Crippen LogP contribution in [0.1, 0.15) is 45.2 Å². The second-order valence-corrected chi connectivity index (χ2v) is 7.10. The molecule has 4 nitrogen and oxygen atoms in total. The molecule has 0 spiro atoms. The van der Waals surface area contributed by atoms with Gasteiger partial charge in [-0.05, 0) is 24.3 Å². The molecule has 3 unspecified atom stereocenters. The van der Waals surface area contributed by atoms with E-state index in [1.54, 1.807) is 0 Å². The van der Waals surface area contributed by atoms with Crippen LogP contribution in [0.5, 0.6) is 0 Å². The minimum Gasteiger partial charge on any atom is -0.481 e. The molecule has 2 rings (SSSR count). The van der Waals surface area contributed by atoms with Crippen LogP contribution in [-0.4, -0.2) is 17.0 Å². The Morgan fingerprint density at radius 3 is 2.26 bits per heavy atom. The molecule has 1 amide bonds. The molecule has 1 aromatic rings. The molecule has 1 aliphatic carbocycles. The van der Waals surface area contributed by atoms with Gasteiger partial charge in [0.1, 0.15) is 11.6 Å². The van der Waals surface area contributed by atoms with Crippen LogP contribution < -0.4 is 5.32 Å². The van der Waals surface area contributed by atoms with Crippen LogP contribution in [0, 0.1) is 28.9 Å². The van der Waals surface area contributed by atoms with E-state index in [1.807, 2.05) is 20.8 Å². The summed E-state index contributed by atoms with van der Waals surface area (Å²) in [6, 6.07) is 2.57. The highest BCUT2D eigenvalue weighted by Crippen LogP contribution is 2.38. The zero-order chi connectivity index (χ0) is 17.4. The van der Waals surface area contributed by atoms with Gasteiger partial charge in [-0.15, -0.1) is 0 Å². The number of hydrogen-bond donors (Lipinski definition) is 2. The zero-order valence-electron chi connectivity index (χ0n) is 13.4. The second-order valence-electron chi connectivity index (χ2n) is 7.10. The molecular weight excluding hydrogens is 304 g/mol. The highest BCUT2D eigenvalue weighted by molar-refractivity contribution is 5.86. The number of benzene rings is 1. The third-order valence-electron chi connectivity index (χ3n) is 4.35. The lowest BCUT2D eigenvalue weighted by Crippen LogP contribution is -2.47. The van der Waals surface area contributed by atoms with Gasteiger partial charge in [-0.25, -0.2) is 8.78 Å². The van der Waals surface area contributed by atoms with Gasteiger partial charge in [-0.3, -0.25) is 9.59 Å². The van der Waals surface area contributed by atoms with E-state index < -0.39 is 46.8 Å². The first-order valence-electron chi connectivity index (χ1n) is 7.59. The van der Waals surface area contributed by atoms with Gasteiger partial charge in [-0.1, -0.05) is 26.8 Å². The van der Waals surface area contributed by atoms with Crippen molar-refractivity contribution in [2.45, 2.75) is 39.7 Å². The Bertz CT molecular complexity index is 625. The van der Waals surface area contributed by atoms with E-state index in [-0.39, 0.29) is 5.56 Å². The number of hydrogen-bond acceptors (Lipinski definition) is 2. The number of rotatable bonds is 4. The van der Waals surface area contributed by atoms with E-state index in [1.165, 1.54) is 6.07 Å². The van der Waals surface area contributed by atoms with Crippen molar-refractivity contribution >= 4 is 11.9 Å². The predicted molar refractivity (Wildman–Crippen MR) is 80.5 cm³/mol. The summed E-state index contributed by atoms with van der Waals surface area (Å²) < 4.78 is 27.2. The molecule has 0 saturated heterocycles. The summed E-state index contributed by atoms with van der Waals surface area (Å²) in [5.41, 5.74) is -0.324. The molecule has 1 saturated carbocycles. The monoisotopic (exact) mass is 325 g/mol. The van der Waals surface area contributed by atoms with E-state index in [2.05, 4.69) is 5.32 Å². The lowest BCUT2D eigenvalue weighted by molar-refractivity contribution is -0.153. The molecule has 0 radical (unpaired) electrons. The molecule has 23 heavy (non-hydrogen) atoms. The third-order valence-corrected chi connectivity index (χ3v) is 4.35. The fraction of sp³-hybridized carbons (Fsp3) is 0.529. The number of carboxylic acid groups (broad SMARTS) is 1. The number of amides is 1. The van der Waals surface area contributed by atoms with Crippen molar-refractivity contribution in [2.75, 3.05) is 0 Å². The van der Waals surface area contributed by atoms with E-state index in [0.717, 1.165) is 12.1 Å². The van der Waals surface area contributed by atoms with Crippen molar-refractivity contribution in [3.05, 3.63) is 35.4 Å². The number of nitrogens with one attached hydrogen (secondary N) is 1. The highest BCUT2D eigenvalue weighted by atomic mass is 19.1. The summed E-state index contributed by atoms with van der Waals surface area (Å²) in [5.74, 6) is -4.08. The fourth-order valence-electron chi connectivity index (χ4n) is 2.86. The summed E-state index contributed by atoms with van der Waals surface area (Å²) in [6.45, 7) is 5.49. The van der Waals surface area contributed by atoms with Crippen LogP contribution in [0.3, 0.4) is 0 Å². The molecule has 1 aromatic carbocycles. The molecule has 0 bridgehead atoms. The van der Waals surface area contributed by atoms with Gasteiger partial charge in [0.2, 0.25) is 5.91 Å². The van der Waals surface area contributed by atoms with Gasteiger partial charge in [0.05, 0.1) is 17.9 Å². The first-order chi connectivity index (χ1) is 10.6. The zero-order valence-corrected chi connectivity index (χ0v) is 13.4. The number of halogens is 2. The van der Waals surface area contributed by atoms with Gasteiger partial charge >= 0.3 is 5.97 Å². The quantitative estimate of drug-likeness (QED) is 0.893. The van der Waals surface area contributed by atoms with Crippen LogP contribution in [0.2, 0.25) is 0 Å². The Hall–Kier alpha value is -1.98. The maximum atomic E-state index is 14.1. The van der Waals surface area contributed by atoms with Gasteiger partial charge in [0, 0.05) is 11.6 Å². The Kier molecular flexibility index (Phi) is 4.73. The maximum absolute atomic E-state index is 14.1. The molecule has 2 N–H and O–H groups in total. The number of carboxylic acids is 1. The standard InChI is InChI=1S/C17H21F2NO3/c1-17(2,3)14(12-5-4-9(18)8-13(12)19)20-15(21)10-6-7-11(10)16(22)23/h4-5,8,10-11,14H,6-7H2,1-3H3,(H,20,21)(H,22,23). The van der Waals surface area contributed by atoms with Crippen LogP contribution in [0.4, 0.5) is 8.78 Å². The van der Waals surface area contributed by atoms with Gasteiger partial charge in [0.25, 0.3) is 0 Å². The van der Waals surface area contributed by atoms with Gasteiger partial charge < -0.3 is 10.4 Å². The second kappa shape index (κ2) is 6.26. The van der Waals surface area contributed by atoms with Crippen molar-refractivity contribution in [2.24, 2.45) is 17.3 Å². The summed E-state index contributed by atoms with van der Waals surface area (Å²) >= 11 is 0. The topological polar surface area (TPSA) is 66.4 Å². The van der Waals surface area contributed by atoms with E-state index in [4.69, 9.17) is 5.11 Å². The molecule has 1 fully saturated rings. The average Bonchev–Trinajstić information content (AvgIpc) is 2.33. The minimum atomic E-state index is -0.989. The summed E-state index contributed by atoms with van der Waals surface area (Å²) in [7, 11) is 0. The van der Waals surface area contributed by atoms with Crippen LogP contribution in [0.25, 0.3) is 0 Å². The molecule has 0 aliphatic heterocycles. The van der Waals surface area contributed by atoms with Crippen LogP contribution in [-0.2, 0) is 9.59 Å². The van der Waals surface area contributed by atoms with Gasteiger partial charge in [0.15, 0.2) is 0 Å². The number of aliphatic carboxylic acids is 1. The molecule has 0 aromatic heterocycles. The van der Waals surface area contributed by atoms with Crippen molar-refractivity contribution in [3.8, 4) is 0 Å². The Morgan fingerprint density at radius 1 is 1.22 bits per heavy atom. The Labute approximate surface area is 133 Å². The normalized spacial score (nSPS) is 22.1. The molecule has 1 aliphatic rings.